The van der Waals surface area contributed by atoms with E-state index in [-0.39, 0.29) is 5.56 Å². The lowest BCUT2D eigenvalue weighted by Crippen LogP contribution is -2.08. The van der Waals surface area contributed by atoms with Crippen molar-refractivity contribution in [3.63, 3.8) is 0 Å². The van der Waals surface area contributed by atoms with Gasteiger partial charge in [0.15, 0.2) is 5.69 Å². The summed E-state index contributed by atoms with van der Waals surface area (Å²) in [5.74, 6) is 0. The molecule has 0 aliphatic heterocycles. The second kappa shape index (κ2) is 3.11. The van der Waals surface area contributed by atoms with Crippen molar-refractivity contribution in [3.8, 4) is 11.1 Å². The standard InChI is InChI=1S/C8H7F3N4/c1-15-4-6(5-2-12-13-3-5)7(14-15)8(9,10)11/h2-4H,1H3,(H,12,13). The molecule has 0 fully saturated rings. The Morgan fingerprint density at radius 1 is 1.40 bits per heavy atom. The maximum atomic E-state index is 12.5. The highest BCUT2D eigenvalue weighted by Crippen LogP contribution is 2.35. The molecule has 7 heteroatoms. The SMILES string of the molecule is Cn1cc(-c2cn[nH]c2)c(C(F)(F)F)n1. The van der Waals surface area contributed by atoms with Crippen LogP contribution in [0.15, 0.2) is 18.6 Å². The molecule has 80 valence electrons. The predicted octanol–water partition coefficient (Wildman–Crippen LogP) is 1.83. The maximum absolute atomic E-state index is 12.5. The maximum Gasteiger partial charge on any atom is 0.435 e. The number of aryl methyl sites for hydroxylation is 1. The molecule has 0 aliphatic rings. The van der Waals surface area contributed by atoms with Gasteiger partial charge in [0.1, 0.15) is 0 Å². The summed E-state index contributed by atoms with van der Waals surface area (Å²) >= 11 is 0. The van der Waals surface area contributed by atoms with Crippen molar-refractivity contribution in [1.82, 2.24) is 20.0 Å². The Hall–Kier alpha value is -1.79. The first-order chi connectivity index (χ1) is 6.98. The molecule has 0 amide bonds. The van der Waals surface area contributed by atoms with Crippen molar-refractivity contribution in [2.24, 2.45) is 7.05 Å². The largest absolute Gasteiger partial charge is 0.435 e. The van der Waals surface area contributed by atoms with Gasteiger partial charge in [0, 0.05) is 30.6 Å². The first-order valence-electron chi connectivity index (χ1n) is 4.08. The molecule has 0 bridgehead atoms. The van der Waals surface area contributed by atoms with Gasteiger partial charge in [-0.25, -0.2) is 0 Å². The van der Waals surface area contributed by atoms with Crippen molar-refractivity contribution in [3.05, 3.63) is 24.3 Å². The molecule has 2 aromatic heterocycles. The molecule has 4 nitrogen and oxygen atoms in total. The zero-order valence-electron chi connectivity index (χ0n) is 7.71. The number of hydrogen-bond donors (Lipinski definition) is 1. The van der Waals surface area contributed by atoms with Gasteiger partial charge < -0.3 is 0 Å². The second-order valence-electron chi connectivity index (χ2n) is 3.05. The van der Waals surface area contributed by atoms with Gasteiger partial charge in [-0.2, -0.15) is 23.4 Å². The van der Waals surface area contributed by atoms with E-state index in [1.165, 1.54) is 25.6 Å². The molecule has 1 N–H and O–H groups in total. The highest BCUT2D eigenvalue weighted by molar-refractivity contribution is 5.64. The van der Waals surface area contributed by atoms with Crippen LogP contribution < -0.4 is 0 Å². The van der Waals surface area contributed by atoms with Gasteiger partial charge in [-0.15, -0.1) is 0 Å². The lowest BCUT2D eigenvalue weighted by Gasteiger charge is -2.03. The molecular weight excluding hydrogens is 209 g/mol. The Kier molecular flexibility index (Phi) is 2.02. The van der Waals surface area contributed by atoms with Crippen molar-refractivity contribution in [1.29, 1.82) is 0 Å². The Morgan fingerprint density at radius 3 is 2.67 bits per heavy atom. The average Bonchev–Trinajstić information content (AvgIpc) is 2.68. The molecule has 0 unspecified atom stereocenters. The fourth-order valence-electron chi connectivity index (χ4n) is 1.31. The van der Waals surface area contributed by atoms with Crippen LogP contribution in [0.5, 0.6) is 0 Å². The van der Waals surface area contributed by atoms with E-state index in [4.69, 9.17) is 0 Å². The molecular formula is C8H7F3N4. The summed E-state index contributed by atoms with van der Waals surface area (Å²) in [5, 5.41) is 9.45. The van der Waals surface area contributed by atoms with Crippen LogP contribution >= 0.6 is 0 Å². The number of H-pyrrole nitrogens is 1. The topological polar surface area (TPSA) is 46.5 Å². The van der Waals surface area contributed by atoms with Crippen molar-refractivity contribution < 1.29 is 13.2 Å². The van der Waals surface area contributed by atoms with Crippen LogP contribution in [0, 0.1) is 0 Å². The van der Waals surface area contributed by atoms with E-state index in [2.05, 4.69) is 15.3 Å². The molecule has 2 heterocycles. The number of alkyl halides is 3. The molecule has 0 saturated heterocycles. The normalized spacial score (nSPS) is 12.0. The molecule has 0 aliphatic carbocycles. The Balaban J connectivity index is 2.57. The third kappa shape index (κ3) is 1.72. The Bertz CT molecular complexity index is 455. The minimum absolute atomic E-state index is 0.0266. The molecule has 2 rings (SSSR count). The summed E-state index contributed by atoms with van der Waals surface area (Å²) in [6, 6.07) is 0. The molecule has 0 atom stereocenters. The van der Waals surface area contributed by atoms with Crippen molar-refractivity contribution in [2.45, 2.75) is 6.18 Å². The van der Waals surface area contributed by atoms with Gasteiger partial charge in [0.2, 0.25) is 0 Å². The number of nitrogens with zero attached hydrogens (tertiary/aromatic N) is 3. The van der Waals surface area contributed by atoms with E-state index >= 15 is 0 Å². The average molecular weight is 216 g/mol. The zero-order valence-corrected chi connectivity index (χ0v) is 7.71. The van der Waals surface area contributed by atoms with E-state index in [0.29, 0.717) is 5.56 Å². The number of nitrogens with one attached hydrogen (secondary N) is 1. The minimum Gasteiger partial charge on any atom is -0.285 e. The molecule has 15 heavy (non-hydrogen) atoms. The van der Waals surface area contributed by atoms with Crippen LogP contribution in [0.3, 0.4) is 0 Å². The van der Waals surface area contributed by atoms with Gasteiger partial charge in [-0.05, 0) is 0 Å². The third-order valence-corrected chi connectivity index (χ3v) is 1.91. The van der Waals surface area contributed by atoms with Crippen LogP contribution in [-0.2, 0) is 13.2 Å². The fraction of sp³-hybridized carbons (Fsp3) is 0.250. The molecule has 0 saturated carbocycles. The van der Waals surface area contributed by atoms with E-state index < -0.39 is 11.9 Å². The van der Waals surface area contributed by atoms with E-state index in [1.807, 2.05) is 0 Å². The smallest absolute Gasteiger partial charge is 0.285 e. The van der Waals surface area contributed by atoms with Gasteiger partial charge in [0.25, 0.3) is 0 Å². The third-order valence-electron chi connectivity index (χ3n) is 1.91. The Morgan fingerprint density at radius 2 is 2.13 bits per heavy atom. The lowest BCUT2D eigenvalue weighted by atomic mass is 10.1. The Labute approximate surface area is 82.7 Å². The zero-order chi connectivity index (χ0) is 11.1. The summed E-state index contributed by atoms with van der Waals surface area (Å²) in [6.07, 6.45) is -0.417. The fourth-order valence-corrected chi connectivity index (χ4v) is 1.31. The monoisotopic (exact) mass is 216 g/mol. The van der Waals surface area contributed by atoms with Gasteiger partial charge >= 0.3 is 6.18 Å². The predicted molar refractivity (Wildman–Crippen MR) is 45.8 cm³/mol. The van der Waals surface area contributed by atoms with Gasteiger partial charge in [-0.1, -0.05) is 0 Å². The molecule has 0 radical (unpaired) electrons. The minimum atomic E-state index is -4.45. The molecule has 2 aromatic rings. The number of rotatable bonds is 1. The summed E-state index contributed by atoms with van der Waals surface area (Å²) in [5.41, 5.74) is -0.499. The highest BCUT2D eigenvalue weighted by atomic mass is 19.4. The molecule has 0 spiro atoms. The van der Waals surface area contributed by atoms with E-state index in [1.54, 1.807) is 0 Å². The van der Waals surface area contributed by atoms with Crippen LogP contribution in [0.2, 0.25) is 0 Å². The highest BCUT2D eigenvalue weighted by Gasteiger charge is 2.37. The second-order valence-corrected chi connectivity index (χ2v) is 3.05. The van der Waals surface area contributed by atoms with Gasteiger partial charge in [0.05, 0.1) is 6.20 Å². The van der Waals surface area contributed by atoms with E-state index in [9.17, 15) is 13.2 Å². The number of halogens is 3. The summed E-state index contributed by atoms with van der Waals surface area (Å²) in [7, 11) is 1.44. The van der Waals surface area contributed by atoms with Crippen LogP contribution in [0.4, 0.5) is 13.2 Å². The number of hydrogen-bond acceptors (Lipinski definition) is 2. The lowest BCUT2D eigenvalue weighted by molar-refractivity contribution is -0.140. The first kappa shape index (κ1) is 9.75. The summed E-state index contributed by atoms with van der Waals surface area (Å²) in [4.78, 5) is 0. The number of aromatic amines is 1. The number of aromatic nitrogens is 4. The first-order valence-corrected chi connectivity index (χ1v) is 4.08. The molecule has 0 aromatic carbocycles. The van der Waals surface area contributed by atoms with Gasteiger partial charge in [-0.3, -0.25) is 9.78 Å². The van der Waals surface area contributed by atoms with Crippen LogP contribution in [-0.4, -0.2) is 20.0 Å². The van der Waals surface area contributed by atoms with E-state index in [0.717, 1.165) is 4.68 Å². The van der Waals surface area contributed by atoms with Crippen molar-refractivity contribution >= 4 is 0 Å². The quantitative estimate of drug-likeness (QED) is 0.790. The van der Waals surface area contributed by atoms with Crippen LogP contribution in [0.1, 0.15) is 5.69 Å². The van der Waals surface area contributed by atoms with Crippen molar-refractivity contribution in [2.75, 3.05) is 0 Å². The summed E-state index contributed by atoms with van der Waals surface area (Å²) < 4.78 is 38.8. The van der Waals surface area contributed by atoms with Crippen LogP contribution in [0.25, 0.3) is 11.1 Å². The summed E-state index contributed by atoms with van der Waals surface area (Å²) in [6.45, 7) is 0.